The molecule has 0 spiro atoms. The van der Waals surface area contributed by atoms with Crippen LogP contribution >= 0.6 is 15.9 Å². The molecule has 4 heteroatoms. The van der Waals surface area contributed by atoms with Gasteiger partial charge in [-0.05, 0) is 30.5 Å². The first-order valence-electron chi connectivity index (χ1n) is 9.74. The number of rotatable bonds is 3. The summed E-state index contributed by atoms with van der Waals surface area (Å²) in [6, 6.07) is 8.16. The van der Waals surface area contributed by atoms with Crippen LogP contribution < -0.4 is 10.6 Å². The van der Waals surface area contributed by atoms with Crippen LogP contribution in [0.25, 0.3) is 6.08 Å². The topological polar surface area (TPSA) is 41.1 Å². The minimum absolute atomic E-state index is 0.0969. The lowest BCUT2D eigenvalue weighted by Gasteiger charge is -2.19. The van der Waals surface area contributed by atoms with Crippen LogP contribution in [0, 0.1) is 0 Å². The molecule has 2 N–H and O–H groups in total. The van der Waals surface area contributed by atoms with Gasteiger partial charge in [-0.15, -0.1) is 0 Å². The Labute approximate surface area is 160 Å². The number of nitrogens with one attached hydrogen (secondary N) is 2. The molecule has 138 valence electrons. The molecule has 0 heterocycles. The van der Waals surface area contributed by atoms with Gasteiger partial charge in [-0.3, -0.25) is 0 Å². The molecular weight excluding hydrogens is 376 g/mol. The first-order valence-corrected chi connectivity index (χ1v) is 10.5. The van der Waals surface area contributed by atoms with Crippen molar-refractivity contribution in [1.82, 2.24) is 10.6 Å². The number of hydrogen-bond acceptors (Lipinski definition) is 1. The lowest BCUT2D eigenvalue weighted by molar-refractivity contribution is 0.238. The van der Waals surface area contributed by atoms with Crippen LogP contribution in [0.5, 0.6) is 0 Å². The van der Waals surface area contributed by atoms with Crippen LogP contribution in [0.3, 0.4) is 0 Å². The average Bonchev–Trinajstić information content (AvgIpc) is 2.59. The van der Waals surface area contributed by atoms with E-state index in [0.29, 0.717) is 6.04 Å². The molecule has 1 aliphatic carbocycles. The average molecular weight is 407 g/mol. The summed E-state index contributed by atoms with van der Waals surface area (Å²) in [4.78, 5) is 12.2. The molecule has 1 aromatic carbocycles. The number of urea groups is 1. The maximum absolute atomic E-state index is 12.2. The van der Waals surface area contributed by atoms with Crippen molar-refractivity contribution in [1.29, 1.82) is 0 Å². The third-order valence-corrected chi connectivity index (χ3v) is 5.55. The van der Waals surface area contributed by atoms with Crippen LogP contribution in [0.2, 0.25) is 0 Å². The summed E-state index contributed by atoms with van der Waals surface area (Å²) < 4.78 is 1.02. The molecule has 1 aromatic rings. The standard InChI is InChI=1S/C21H31BrN2O/c22-20-15-11-10-12-18(20)16-17-23-21(25)24-19-13-8-6-4-2-1-3-5-7-9-14-19/h10-12,15-17,19H,1-9,13-14H2,(H2,23,24,25)/b17-16+. The zero-order valence-corrected chi connectivity index (χ0v) is 16.7. The van der Waals surface area contributed by atoms with E-state index in [2.05, 4.69) is 26.6 Å². The van der Waals surface area contributed by atoms with Crippen molar-refractivity contribution in [3.8, 4) is 0 Å². The van der Waals surface area contributed by atoms with Gasteiger partial charge >= 0.3 is 6.03 Å². The molecule has 25 heavy (non-hydrogen) atoms. The third kappa shape index (κ3) is 8.57. The highest BCUT2D eigenvalue weighted by molar-refractivity contribution is 9.10. The number of amides is 2. The summed E-state index contributed by atoms with van der Waals surface area (Å²) in [6.07, 6.45) is 17.7. The summed E-state index contributed by atoms with van der Waals surface area (Å²) in [7, 11) is 0. The molecular formula is C21H31BrN2O. The number of hydrogen-bond donors (Lipinski definition) is 2. The van der Waals surface area contributed by atoms with E-state index < -0.39 is 0 Å². The molecule has 0 bridgehead atoms. The van der Waals surface area contributed by atoms with Crippen molar-refractivity contribution < 1.29 is 4.79 Å². The van der Waals surface area contributed by atoms with Gasteiger partial charge in [0.05, 0.1) is 0 Å². The zero-order chi connectivity index (χ0) is 17.7. The molecule has 0 unspecified atom stereocenters. The lowest BCUT2D eigenvalue weighted by Crippen LogP contribution is -2.40. The summed E-state index contributed by atoms with van der Waals surface area (Å²) >= 11 is 3.51. The first-order chi connectivity index (χ1) is 12.3. The van der Waals surface area contributed by atoms with E-state index in [4.69, 9.17) is 0 Å². The molecule has 1 aliphatic rings. The molecule has 2 rings (SSSR count). The van der Waals surface area contributed by atoms with Gasteiger partial charge in [-0.2, -0.15) is 0 Å². The Balaban J connectivity index is 1.77. The second-order valence-electron chi connectivity index (χ2n) is 6.93. The van der Waals surface area contributed by atoms with Crippen LogP contribution in [0.1, 0.15) is 76.2 Å². The second-order valence-corrected chi connectivity index (χ2v) is 7.78. The van der Waals surface area contributed by atoms with Gasteiger partial charge in [0, 0.05) is 16.7 Å². The minimum Gasteiger partial charge on any atom is -0.335 e. The van der Waals surface area contributed by atoms with E-state index in [0.717, 1.165) is 22.9 Å². The van der Waals surface area contributed by atoms with Crippen molar-refractivity contribution in [3.05, 3.63) is 40.5 Å². The van der Waals surface area contributed by atoms with Crippen LogP contribution in [0.15, 0.2) is 34.9 Å². The Kier molecular flexibility index (Phi) is 9.71. The fourth-order valence-electron chi connectivity index (χ4n) is 3.35. The quantitative estimate of drug-likeness (QED) is 0.599. The predicted octanol–water partition coefficient (Wildman–Crippen LogP) is 6.39. The van der Waals surface area contributed by atoms with Gasteiger partial charge in [-0.1, -0.05) is 91.9 Å². The first kappa shape index (κ1) is 20.0. The predicted molar refractivity (Wildman–Crippen MR) is 109 cm³/mol. The summed E-state index contributed by atoms with van der Waals surface area (Å²) in [6.45, 7) is 0. The molecule has 0 aromatic heterocycles. The molecule has 3 nitrogen and oxygen atoms in total. The van der Waals surface area contributed by atoms with E-state index in [1.165, 1.54) is 57.8 Å². The third-order valence-electron chi connectivity index (χ3n) is 4.82. The highest BCUT2D eigenvalue weighted by Gasteiger charge is 2.11. The number of halogens is 1. The smallest absolute Gasteiger partial charge is 0.318 e. The van der Waals surface area contributed by atoms with Crippen LogP contribution in [-0.2, 0) is 0 Å². The van der Waals surface area contributed by atoms with Crippen LogP contribution in [0.4, 0.5) is 4.79 Å². The van der Waals surface area contributed by atoms with Gasteiger partial charge in [-0.25, -0.2) is 4.79 Å². The van der Waals surface area contributed by atoms with Crippen molar-refractivity contribution in [2.45, 2.75) is 76.7 Å². The Morgan fingerprint density at radius 1 is 0.920 bits per heavy atom. The second kappa shape index (κ2) is 12.1. The molecule has 1 saturated carbocycles. The Morgan fingerprint density at radius 2 is 1.48 bits per heavy atom. The van der Waals surface area contributed by atoms with E-state index in [1.54, 1.807) is 6.20 Å². The lowest BCUT2D eigenvalue weighted by atomic mass is 9.98. The SMILES string of the molecule is O=C(N/C=C/c1ccccc1Br)NC1CCCCCCCCCCC1. The number of carbonyl (C=O) groups is 1. The molecule has 0 saturated heterocycles. The Hall–Kier alpha value is -1.29. The van der Waals surface area contributed by atoms with Gasteiger partial charge in [0.2, 0.25) is 0 Å². The number of benzene rings is 1. The van der Waals surface area contributed by atoms with E-state index in [9.17, 15) is 4.79 Å². The van der Waals surface area contributed by atoms with Gasteiger partial charge < -0.3 is 10.6 Å². The van der Waals surface area contributed by atoms with Gasteiger partial charge in [0.25, 0.3) is 0 Å². The van der Waals surface area contributed by atoms with E-state index in [1.807, 2.05) is 30.3 Å². The summed E-state index contributed by atoms with van der Waals surface area (Å²) in [5.74, 6) is 0. The van der Waals surface area contributed by atoms with Crippen molar-refractivity contribution in [2.75, 3.05) is 0 Å². The largest absolute Gasteiger partial charge is 0.335 e. The van der Waals surface area contributed by atoms with Crippen molar-refractivity contribution >= 4 is 28.0 Å². The fourth-order valence-corrected chi connectivity index (χ4v) is 3.77. The monoisotopic (exact) mass is 406 g/mol. The molecule has 2 amide bonds. The zero-order valence-electron chi connectivity index (χ0n) is 15.1. The van der Waals surface area contributed by atoms with Gasteiger partial charge in [0.1, 0.15) is 0 Å². The van der Waals surface area contributed by atoms with E-state index >= 15 is 0 Å². The van der Waals surface area contributed by atoms with Crippen molar-refractivity contribution in [2.24, 2.45) is 0 Å². The summed E-state index contributed by atoms with van der Waals surface area (Å²) in [5, 5.41) is 6.00. The molecule has 0 radical (unpaired) electrons. The maximum atomic E-state index is 12.2. The Bertz CT molecular complexity index is 532. The Morgan fingerprint density at radius 3 is 2.08 bits per heavy atom. The molecule has 1 fully saturated rings. The normalized spacial score (nSPS) is 18.3. The minimum atomic E-state index is -0.0969. The molecule has 0 aliphatic heterocycles. The van der Waals surface area contributed by atoms with E-state index in [-0.39, 0.29) is 6.03 Å². The van der Waals surface area contributed by atoms with Crippen molar-refractivity contribution in [3.63, 3.8) is 0 Å². The number of carbonyl (C=O) groups excluding carboxylic acids is 1. The molecule has 0 atom stereocenters. The highest BCUT2D eigenvalue weighted by Crippen LogP contribution is 2.18. The van der Waals surface area contributed by atoms with Gasteiger partial charge in [0.15, 0.2) is 0 Å². The summed E-state index contributed by atoms with van der Waals surface area (Å²) in [5.41, 5.74) is 1.05. The highest BCUT2D eigenvalue weighted by atomic mass is 79.9. The maximum Gasteiger partial charge on any atom is 0.318 e. The fraction of sp³-hybridized carbons (Fsp3) is 0.571. The van der Waals surface area contributed by atoms with Crippen LogP contribution in [-0.4, -0.2) is 12.1 Å².